The number of carbonyl (C=O) groups is 2. The van der Waals surface area contributed by atoms with Crippen LogP contribution in [-0.4, -0.2) is 37.8 Å². The first-order valence-corrected chi connectivity index (χ1v) is 10.0. The molecule has 0 amide bonds. The van der Waals surface area contributed by atoms with Gasteiger partial charge in [0.2, 0.25) is 0 Å². The van der Waals surface area contributed by atoms with Crippen LogP contribution in [0.1, 0.15) is 51.5 Å². The molecule has 0 saturated heterocycles. The molecule has 1 aromatic carbocycles. The van der Waals surface area contributed by atoms with Gasteiger partial charge < -0.3 is 14.8 Å². The van der Waals surface area contributed by atoms with Crippen LogP contribution in [0.5, 0.6) is 5.75 Å². The Morgan fingerprint density at radius 2 is 1.66 bits per heavy atom. The highest BCUT2D eigenvalue weighted by atomic mass is 19.4. The molecule has 164 valence electrons. The predicted octanol–water partition coefficient (Wildman–Crippen LogP) is 4.44. The van der Waals surface area contributed by atoms with E-state index in [1.807, 2.05) is 24.3 Å². The Bertz CT molecular complexity index is 611. The fourth-order valence-corrected chi connectivity index (χ4v) is 2.85. The average molecular weight is 417 g/mol. The number of carbonyl (C=O) groups excluding carboxylic acids is 2. The molecule has 0 fully saturated rings. The molecule has 0 radical (unpaired) electrons. The molecular formula is C21H30F3NO4. The molecule has 0 spiro atoms. The van der Waals surface area contributed by atoms with Gasteiger partial charge in [-0.1, -0.05) is 38.8 Å². The number of nitrogens with one attached hydrogen (secondary N) is 1. The molecule has 1 rings (SSSR count). The molecule has 0 aliphatic rings. The predicted molar refractivity (Wildman–Crippen MR) is 104 cm³/mol. The third-order valence-corrected chi connectivity index (χ3v) is 4.34. The number of alkyl halides is 3. The van der Waals surface area contributed by atoms with Crippen LogP contribution >= 0.6 is 0 Å². The molecule has 1 aromatic rings. The van der Waals surface area contributed by atoms with Gasteiger partial charge in [-0.05, 0) is 49.4 Å². The van der Waals surface area contributed by atoms with Gasteiger partial charge in [0.25, 0.3) is 0 Å². The molecular weight excluding hydrogens is 387 g/mol. The Balaban J connectivity index is 2.24. The third kappa shape index (κ3) is 10.9. The van der Waals surface area contributed by atoms with Gasteiger partial charge in [0.05, 0.1) is 13.0 Å². The van der Waals surface area contributed by atoms with Crippen LogP contribution in [0.25, 0.3) is 0 Å². The van der Waals surface area contributed by atoms with Crippen molar-refractivity contribution in [1.29, 1.82) is 0 Å². The Labute approximate surface area is 170 Å². The molecule has 8 heteroatoms. The lowest BCUT2D eigenvalue weighted by molar-refractivity contribution is -0.201. The molecule has 0 bridgehead atoms. The van der Waals surface area contributed by atoms with Gasteiger partial charge >= 0.3 is 18.1 Å². The maximum absolute atomic E-state index is 12.0. The monoisotopic (exact) mass is 417 g/mol. The molecule has 0 atom stereocenters. The molecule has 0 aliphatic carbocycles. The van der Waals surface area contributed by atoms with Gasteiger partial charge in [-0.15, -0.1) is 0 Å². The minimum atomic E-state index is -5.16. The Morgan fingerprint density at radius 3 is 2.21 bits per heavy atom. The number of rotatable bonds is 13. The van der Waals surface area contributed by atoms with Crippen LogP contribution in [0.4, 0.5) is 13.2 Å². The summed E-state index contributed by atoms with van der Waals surface area (Å²) in [5, 5.41) is 2.93. The zero-order valence-corrected chi connectivity index (χ0v) is 17.0. The number of hydrogen-bond acceptors (Lipinski definition) is 5. The van der Waals surface area contributed by atoms with E-state index in [0.29, 0.717) is 18.9 Å². The average Bonchev–Trinajstić information content (AvgIpc) is 2.66. The number of benzene rings is 1. The Kier molecular flexibility index (Phi) is 11.3. The van der Waals surface area contributed by atoms with Gasteiger partial charge in [0.15, 0.2) is 0 Å². The first-order valence-electron chi connectivity index (χ1n) is 10.0. The van der Waals surface area contributed by atoms with Crippen molar-refractivity contribution < 1.29 is 32.2 Å². The van der Waals surface area contributed by atoms with Crippen LogP contribution < -0.4 is 10.1 Å². The minimum Gasteiger partial charge on any atom is -0.493 e. The van der Waals surface area contributed by atoms with Crippen LogP contribution in [0, 0.1) is 5.92 Å². The Morgan fingerprint density at radius 1 is 1.03 bits per heavy atom. The molecule has 1 N–H and O–H groups in total. The highest BCUT2D eigenvalue weighted by Crippen LogP contribution is 2.18. The summed E-state index contributed by atoms with van der Waals surface area (Å²) in [4.78, 5) is 21.7. The number of esters is 2. The summed E-state index contributed by atoms with van der Waals surface area (Å²) in [7, 11) is 0. The lowest BCUT2D eigenvalue weighted by Gasteiger charge is -2.16. The van der Waals surface area contributed by atoms with Crippen LogP contribution in [0.2, 0.25) is 0 Å². The summed E-state index contributed by atoms with van der Waals surface area (Å²) in [6, 6.07) is 7.76. The molecule has 0 unspecified atom stereocenters. The first kappa shape index (κ1) is 24.9. The maximum Gasteiger partial charge on any atom is 0.491 e. The lowest BCUT2D eigenvalue weighted by Crippen LogP contribution is -2.29. The van der Waals surface area contributed by atoms with E-state index < -0.39 is 18.1 Å². The van der Waals surface area contributed by atoms with Gasteiger partial charge in [-0.25, -0.2) is 4.79 Å². The van der Waals surface area contributed by atoms with E-state index in [1.54, 1.807) is 0 Å². The summed E-state index contributed by atoms with van der Waals surface area (Å²) in [6.07, 6.45) is -0.167. The van der Waals surface area contributed by atoms with Gasteiger partial charge in [-0.2, -0.15) is 13.2 Å². The van der Waals surface area contributed by atoms with E-state index in [1.165, 1.54) is 0 Å². The highest BCUT2D eigenvalue weighted by Gasteiger charge is 2.42. The summed E-state index contributed by atoms with van der Waals surface area (Å²) in [6.45, 7) is 5.74. The SMILES string of the molecule is CCCC(CCC)COc1ccc(CCNCCC(=O)OC(=O)C(F)(F)F)cc1. The number of ether oxygens (including phenoxy) is 2. The number of hydrogen-bond donors (Lipinski definition) is 1. The fourth-order valence-electron chi connectivity index (χ4n) is 2.85. The lowest BCUT2D eigenvalue weighted by atomic mass is 9.99. The summed E-state index contributed by atoms with van der Waals surface area (Å²) < 4.78 is 45.5. The van der Waals surface area contributed by atoms with Gasteiger partial charge in [0, 0.05) is 6.54 Å². The molecule has 0 heterocycles. The van der Waals surface area contributed by atoms with Crippen molar-refractivity contribution in [3.05, 3.63) is 29.8 Å². The summed E-state index contributed by atoms with van der Waals surface area (Å²) in [5.74, 6) is -2.28. The van der Waals surface area contributed by atoms with E-state index in [4.69, 9.17) is 4.74 Å². The molecule has 0 aliphatic heterocycles. The van der Waals surface area contributed by atoms with Crippen molar-refractivity contribution in [2.24, 2.45) is 5.92 Å². The fraction of sp³-hybridized carbons (Fsp3) is 0.619. The highest BCUT2D eigenvalue weighted by molar-refractivity contribution is 5.88. The second-order valence-corrected chi connectivity index (χ2v) is 6.91. The molecule has 29 heavy (non-hydrogen) atoms. The maximum atomic E-state index is 12.0. The van der Waals surface area contributed by atoms with E-state index in [-0.39, 0.29) is 13.0 Å². The molecule has 0 aromatic heterocycles. The molecule has 5 nitrogen and oxygen atoms in total. The van der Waals surface area contributed by atoms with E-state index in [9.17, 15) is 22.8 Å². The number of halogens is 3. The zero-order chi connectivity index (χ0) is 21.7. The largest absolute Gasteiger partial charge is 0.493 e. The van der Waals surface area contributed by atoms with Crippen LogP contribution in [0.3, 0.4) is 0 Å². The second kappa shape index (κ2) is 13.2. The van der Waals surface area contributed by atoms with E-state index >= 15 is 0 Å². The zero-order valence-electron chi connectivity index (χ0n) is 17.0. The van der Waals surface area contributed by atoms with Crippen molar-refractivity contribution in [2.45, 2.75) is 58.5 Å². The summed E-state index contributed by atoms with van der Waals surface area (Å²) >= 11 is 0. The van der Waals surface area contributed by atoms with Crippen molar-refractivity contribution in [2.75, 3.05) is 19.7 Å². The van der Waals surface area contributed by atoms with Crippen LogP contribution in [0.15, 0.2) is 24.3 Å². The van der Waals surface area contributed by atoms with Gasteiger partial charge in [-0.3, -0.25) is 4.79 Å². The molecule has 0 saturated carbocycles. The van der Waals surface area contributed by atoms with Crippen molar-refractivity contribution in [3.8, 4) is 5.75 Å². The smallest absolute Gasteiger partial charge is 0.491 e. The van der Waals surface area contributed by atoms with Crippen molar-refractivity contribution >= 4 is 11.9 Å². The topological polar surface area (TPSA) is 64.6 Å². The van der Waals surface area contributed by atoms with Crippen molar-refractivity contribution in [1.82, 2.24) is 5.32 Å². The Hall–Kier alpha value is -2.09. The normalized spacial score (nSPS) is 11.5. The minimum absolute atomic E-state index is 0.126. The second-order valence-electron chi connectivity index (χ2n) is 6.91. The van der Waals surface area contributed by atoms with Gasteiger partial charge in [0.1, 0.15) is 5.75 Å². The van der Waals surface area contributed by atoms with E-state index in [0.717, 1.165) is 43.6 Å². The first-order chi connectivity index (χ1) is 13.8. The van der Waals surface area contributed by atoms with Crippen molar-refractivity contribution in [3.63, 3.8) is 0 Å². The van der Waals surface area contributed by atoms with Crippen LogP contribution in [-0.2, 0) is 20.7 Å². The standard InChI is InChI=1S/C21H30F3NO4/c1-3-5-17(6-4-2)15-28-18-9-7-16(8-10-18)11-13-25-14-12-19(26)29-20(27)21(22,23)24/h7-10,17,25H,3-6,11-15H2,1-2H3. The summed E-state index contributed by atoms with van der Waals surface area (Å²) in [5.41, 5.74) is 1.07. The third-order valence-electron chi connectivity index (χ3n) is 4.34. The van der Waals surface area contributed by atoms with E-state index in [2.05, 4.69) is 23.9 Å². The quantitative estimate of drug-likeness (QED) is 0.292.